The van der Waals surface area contributed by atoms with Gasteiger partial charge in [0.15, 0.2) is 11.6 Å². The molecule has 1 aliphatic heterocycles. The van der Waals surface area contributed by atoms with Crippen LogP contribution >= 0.6 is 0 Å². The molecule has 1 aromatic rings. The molecule has 0 bridgehead atoms. The summed E-state index contributed by atoms with van der Waals surface area (Å²) in [5, 5.41) is 10.6. The van der Waals surface area contributed by atoms with Crippen molar-refractivity contribution in [1.82, 2.24) is 4.90 Å². The highest BCUT2D eigenvalue weighted by molar-refractivity contribution is 5.19. The lowest BCUT2D eigenvalue weighted by Crippen LogP contribution is -2.58. The third-order valence-corrected chi connectivity index (χ3v) is 4.58. The van der Waals surface area contributed by atoms with E-state index in [0.717, 1.165) is 31.6 Å². The molecule has 1 aliphatic rings. The van der Waals surface area contributed by atoms with E-state index in [1.165, 1.54) is 6.07 Å². The van der Waals surface area contributed by atoms with Crippen molar-refractivity contribution < 1.29 is 18.6 Å². The van der Waals surface area contributed by atoms with Crippen molar-refractivity contribution in [2.75, 3.05) is 26.3 Å². The largest absolute Gasteiger partial charge is 0.391 e. The first-order valence-corrected chi connectivity index (χ1v) is 7.42. The molecule has 2 rings (SSSR count). The van der Waals surface area contributed by atoms with Gasteiger partial charge in [-0.15, -0.1) is 0 Å². The monoisotopic (exact) mass is 299 g/mol. The summed E-state index contributed by atoms with van der Waals surface area (Å²) in [6, 6.07) is 3.79. The van der Waals surface area contributed by atoms with Crippen LogP contribution < -0.4 is 0 Å². The first-order chi connectivity index (χ1) is 9.97. The third-order valence-electron chi connectivity index (χ3n) is 4.58. The van der Waals surface area contributed by atoms with Gasteiger partial charge in [0.25, 0.3) is 0 Å². The van der Waals surface area contributed by atoms with Crippen molar-refractivity contribution in [3.8, 4) is 0 Å². The summed E-state index contributed by atoms with van der Waals surface area (Å²) in [6.07, 6.45) is 0.432. The lowest BCUT2D eigenvalue weighted by atomic mass is 9.85. The molecule has 0 spiro atoms. The molecule has 1 heterocycles. The molecule has 2 unspecified atom stereocenters. The Morgan fingerprint density at radius 1 is 1.29 bits per heavy atom. The molecule has 1 fully saturated rings. The van der Waals surface area contributed by atoms with E-state index in [-0.39, 0.29) is 0 Å². The fraction of sp³-hybridized carbons (Fsp3) is 0.625. The Morgan fingerprint density at radius 2 is 1.95 bits per heavy atom. The number of morpholine rings is 1. The lowest BCUT2D eigenvalue weighted by molar-refractivity contribution is -0.0714. The molecule has 1 aromatic carbocycles. The minimum atomic E-state index is -0.871. The molecule has 21 heavy (non-hydrogen) atoms. The predicted molar refractivity (Wildman–Crippen MR) is 77.2 cm³/mol. The van der Waals surface area contributed by atoms with Crippen LogP contribution in [0.3, 0.4) is 0 Å². The molecule has 118 valence electrons. The summed E-state index contributed by atoms with van der Waals surface area (Å²) in [6.45, 7) is 6.92. The van der Waals surface area contributed by atoms with Gasteiger partial charge in [0.1, 0.15) is 0 Å². The maximum absolute atomic E-state index is 13.3. The van der Waals surface area contributed by atoms with Crippen LogP contribution in [0.15, 0.2) is 18.2 Å². The van der Waals surface area contributed by atoms with Gasteiger partial charge in [-0.25, -0.2) is 8.78 Å². The van der Waals surface area contributed by atoms with Crippen LogP contribution in [0.1, 0.15) is 25.8 Å². The number of nitrogens with zero attached hydrogens (tertiary/aromatic N) is 1. The highest BCUT2D eigenvalue weighted by Crippen LogP contribution is 2.27. The number of rotatable bonds is 5. The third kappa shape index (κ3) is 3.59. The summed E-state index contributed by atoms with van der Waals surface area (Å²) in [4.78, 5) is 2.22. The molecule has 0 amide bonds. The van der Waals surface area contributed by atoms with Gasteiger partial charge in [0.2, 0.25) is 0 Å². The highest BCUT2D eigenvalue weighted by atomic mass is 19.2. The summed E-state index contributed by atoms with van der Waals surface area (Å²) >= 11 is 0. The van der Waals surface area contributed by atoms with E-state index in [9.17, 15) is 13.9 Å². The predicted octanol–water partition coefficient (Wildman–Crippen LogP) is 2.37. The molecule has 0 aliphatic carbocycles. The highest BCUT2D eigenvalue weighted by Gasteiger charge is 2.38. The molecule has 2 atom stereocenters. The number of benzene rings is 1. The molecule has 0 aromatic heterocycles. The zero-order valence-electron chi connectivity index (χ0n) is 12.6. The molecular formula is C16H23F2NO2. The Bertz CT molecular complexity index is 477. The van der Waals surface area contributed by atoms with Gasteiger partial charge in [-0.05, 0) is 31.0 Å². The van der Waals surface area contributed by atoms with Crippen LogP contribution in [0.25, 0.3) is 0 Å². The van der Waals surface area contributed by atoms with Crippen LogP contribution in [-0.2, 0) is 11.2 Å². The second-order valence-corrected chi connectivity index (χ2v) is 5.78. The quantitative estimate of drug-likeness (QED) is 0.906. The summed E-state index contributed by atoms with van der Waals surface area (Å²) in [7, 11) is 0. The van der Waals surface area contributed by atoms with E-state index in [4.69, 9.17) is 4.74 Å². The van der Waals surface area contributed by atoms with Crippen molar-refractivity contribution in [3.63, 3.8) is 0 Å². The van der Waals surface area contributed by atoms with Crippen molar-refractivity contribution in [1.29, 1.82) is 0 Å². The Balaban J connectivity index is 2.11. The van der Waals surface area contributed by atoms with Crippen molar-refractivity contribution in [2.45, 2.75) is 38.3 Å². The van der Waals surface area contributed by atoms with Crippen LogP contribution in [0.2, 0.25) is 0 Å². The molecule has 1 N–H and O–H groups in total. The van der Waals surface area contributed by atoms with Gasteiger partial charge >= 0.3 is 0 Å². The van der Waals surface area contributed by atoms with Gasteiger partial charge < -0.3 is 9.84 Å². The fourth-order valence-corrected chi connectivity index (χ4v) is 2.85. The van der Waals surface area contributed by atoms with Crippen molar-refractivity contribution in [3.05, 3.63) is 35.4 Å². The summed E-state index contributed by atoms with van der Waals surface area (Å²) < 4.78 is 31.6. The minimum Gasteiger partial charge on any atom is -0.391 e. The van der Waals surface area contributed by atoms with Crippen LogP contribution in [-0.4, -0.2) is 48.0 Å². The van der Waals surface area contributed by atoms with Crippen LogP contribution in [0.5, 0.6) is 0 Å². The van der Waals surface area contributed by atoms with E-state index >= 15 is 0 Å². The Labute approximate surface area is 124 Å². The Morgan fingerprint density at radius 3 is 2.52 bits per heavy atom. The number of aliphatic hydroxyl groups excluding tert-OH is 1. The van der Waals surface area contributed by atoms with Crippen LogP contribution in [0, 0.1) is 11.6 Å². The number of hydrogen-bond acceptors (Lipinski definition) is 3. The van der Waals surface area contributed by atoms with Gasteiger partial charge in [-0.3, -0.25) is 4.90 Å². The van der Waals surface area contributed by atoms with Crippen molar-refractivity contribution >= 4 is 0 Å². The molecule has 0 saturated carbocycles. The van der Waals surface area contributed by atoms with Gasteiger partial charge in [-0.2, -0.15) is 0 Å². The SMILES string of the molecule is CCC(C)(C(O)Cc1ccc(F)c(F)c1)N1CCOCC1. The van der Waals surface area contributed by atoms with E-state index < -0.39 is 23.3 Å². The van der Waals surface area contributed by atoms with E-state index in [1.807, 2.05) is 13.8 Å². The zero-order valence-corrected chi connectivity index (χ0v) is 12.6. The number of ether oxygens (including phenoxy) is 1. The summed E-state index contributed by atoms with van der Waals surface area (Å²) in [5.74, 6) is -1.73. The average Bonchev–Trinajstić information content (AvgIpc) is 2.51. The Hall–Kier alpha value is -1.04. The molecule has 5 heteroatoms. The standard InChI is InChI=1S/C16H23F2NO2/c1-3-16(2,19-6-8-21-9-7-19)15(20)11-12-4-5-13(17)14(18)10-12/h4-5,10,15,20H,3,6-9,11H2,1-2H3. The zero-order chi connectivity index (χ0) is 15.5. The smallest absolute Gasteiger partial charge is 0.159 e. The molecule has 0 radical (unpaired) electrons. The maximum atomic E-state index is 13.3. The minimum absolute atomic E-state index is 0.304. The van der Waals surface area contributed by atoms with E-state index in [2.05, 4.69) is 4.90 Å². The van der Waals surface area contributed by atoms with E-state index in [0.29, 0.717) is 25.2 Å². The molecule has 1 saturated heterocycles. The summed E-state index contributed by atoms with van der Waals surface area (Å²) in [5.41, 5.74) is 0.212. The normalized spacial score (nSPS) is 21.0. The van der Waals surface area contributed by atoms with Gasteiger partial charge in [0, 0.05) is 25.0 Å². The number of hydrogen-bond donors (Lipinski definition) is 1. The topological polar surface area (TPSA) is 32.7 Å². The second kappa shape index (κ2) is 6.81. The lowest BCUT2D eigenvalue weighted by Gasteiger charge is -2.46. The van der Waals surface area contributed by atoms with E-state index in [1.54, 1.807) is 0 Å². The van der Waals surface area contributed by atoms with Gasteiger partial charge in [0.05, 0.1) is 19.3 Å². The molecule has 3 nitrogen and oxygen atoms in total. The first-order valence-electron chi connectivity index (χ1n) is 7.42. The van der Waals surface area contributed by atoms with Crippen molar-refractivity contribution in [2.24, 2.45) is 0 Å². The number of aliphatic hydroxyl groups is 1. The first kappa shape index (κ1) is 16.3. The second-order valence-electron chi connectivity index (χ2n) is 5.78. The van der Waals surface area contributed by atoms with Crippen LogP contribution in [0.4, 0.5) is 8.78 Å². The van der Waals surface area contributed by atoms with Gasteiger partial charge in [-0.1, -0.05) is 13.0 Å². The average molecular weight is 299 g/mol. The fourth-order valence-electron chi connectivity index (χ4n) is 2.85. The Kier molecular flexibility index (Phi) is 5.30. The molecular weight excluding hydrogens is 276 g/mol. The number of halogens is 2. The maximum Gasteiger partial charge on any atom is 0.159 e.